The van der Waals surface area contributed by atoms with Gasteiger partial charge in [0.1, 0.15) is 5.69 Å². The molecule has 10 heteroatoms. The van der Waals surface area contributed by atoms with E-state index in [1.807, 2.05) is 30.3 Å². The highest BCUT2D eigenvalue weighted by Gasteiger charge is 2.36. The van der Waals surface area contributed by atoms with E-state index in [4.69, 9.17) is 20.8 Å². The normalized spacial score (nSPS) is 15.2. The molecule has 1 saturated heterocycles. The molecule has 0 unspecified atom stereocenters. The summed E-state index contributed by atoms with van der Waals surface area (Å²) in [7, 11) is 0. The maximum Gasteiger partial charge on any atom is 0.303 e. The smallest absolute Gasteiger partial charge is 0.303 e. The van der Waals surface area contributed by atoms with Crippen LogP contribution >= 0.6 is 11.6 Å². The molecule has 164 valence electrons. The summed E-state index contributed by atoms with van der Waals surface area (Å²) in [6.07, 6.45) is 2.05. The fourth-order valence-electron chi connectivity index (χ4n) is 3.69. The van der Waals surface area contributed by atoms with E-state index in [-0.39, 0.29) is 18.4 Å². The van der Waals surface area contributed by atoms with Crippen LogP contribution in [0.25, 0.3) is 11.6 Å². The minimum absolute atomic E-state index is 0.0868. The lowest BCUT2D eigenvalue weighted by Crippen LogP contribution is -2.41. The average molecular weight is 453 g/mol. The molecular formula is C22H21ClN6O3. The molecule has 0 amide bonds. The van der Waals surface area contributed by atoms with Gasteiger partial charge in [0.2, 0.25) is 0 Å². The molecule has 1 fully saturated rings. The SMILES string of the molecule is CC(=O)OCc1nnc(-c2ccc(N3CCC(C#N)(Cc4ccccc4Cl)CC3)nn2)o1. The standard InChI is InChI=1S/C22H21ClN6O3/c1-15(30)31-13-20-27-28-21(32-20)18-6-7-19(26-25-18)29-10-8-22(14-24,9-11-29)12-16-4-2-3-5-17(16)23/h2-7H,8-13H2,1H3. The van der Waals surface area contributed by atoms with Gasteiger partial charge in [-0.25, -0.2) is 0 Å². The summed E-state index contributed by atoms with van der Waals surface area (Å²) >= 11 is 6.31. The predicted octanol–water partition coefficient (Wildman–Crippen LogP) is 3.60. The number of aromatic nitrogens is 4. The molecule has 1 aliphatic rings. The third kappa shape index (κ3) is 4.86. The van der Waals surface area contributed by atoms with Crippen LogP contribution in [0.2, 0.25) is 5.02 Å². The van der Waals surface area contributed by atoms with Gasteiger partial charge in [0, 0.05) is 25.0 Å². The number of carbonyl (C=O) groups is 1. The number of hydrogen-bond donors (Lipinski definition) is 0. The van der Waals surface area contributed by atoms with Gasteiger partial charge in [-0.05, 0) is 43.0 Å². The molecule has 9 nitrogen and oxygen atoms in total. The summed E-state index contributed by atoms with van der Waals surface area (Å²) in [5.74, 6) is 0.678. The van der Waals surface area contributed by atoms with Gasteiger partial charge in [0.15, 0.2) is 12.4 Å². The molecule has 0 aliphatic carbocycles. The van der Waals surface area contributed by atoms with Crippen molar-refractivity contribution in [2.24, 2.45) is 5.41 Å². The van der Waals surface area contributed by atoms with E-state index >= 15 is 0 Å². The second kappa shape index (κ2) is 9.32. The number of esters is 1. The third-order valence-electron chi connectivity index (χ3n) is 5.50. The van der Waals surface area contributed by atoms with Gasteiger partial charge < -0.3 is 14.1 Å². The first-order valence-electron chi connectivity index (χ1n) is 10.2. The largest absolute Gasteiger partial charge is 0.456 e. The summed E-state index contributed by atoms with van der Waals surface area (Å²) in [6.45, 7) is 2.61. The van der Waals surface area contributed by atoms with Gasteiger partial charge in [-0.2, -0.15) is 5.26 Å². The van der Waals surface area contributed by atoms with Gasteiger partial charge in [-0.1, -0.05) is 29.8 Å². The minimum Gasteiger partial charge on any atom is -0.456 e. The molecular weight excluding hydrogens is 432 g/mol. The maximum absolute atomic E-state index is 10.9. The third-order valence-corrected chi connectivity index (χ3v) is 5.87. The highest BCUT2D eigenvalue weighted by Crippen LogP contribution is 2.37. The summed E-state index contributed by atoms with van der Waals surface area (Å²) < 4.78 is 10.3. The Balaban J connectivity index is 1.39. The first-order chi connectivity index (χ1) is 15.5. The number of halogens is 1. The molecule has 1 aromatic carbocycles. The number of hydrogen-bond acceptors (Lipinski definition) is 9. The Morgan fingerprint density at radius 2 is 1.97 bits per heavy atom. The van der Waals surface area contributed by atoms with Gasteiger partial charge in [0.25, 0.3) is 11.8 Å². The fraction of sp³-hybridized carbons (Fsp3) is 0.364. The van der Waals surface area contributed by atoms with Gasteiger partial charge in [0.05, 0.1) is 11.5 Å². The van der Waals surface area contributed by atoms with Crippen LogP contribution in [-0.2, 0) is 22.6 Å². The van der Waals surface area contributed by atoms with Crippen LogP contribution in [0.15, 0.2) is 40.8 Å². The fourth-order valence-corrected chi connectivity index (χ4v) is 3.89. The lowest BCUT2D eigenvalue weighted by atomic mass is 9.75. The van der Waals surface area contributed by atoms with E-state index in [1.165, 1.54) is 6.92 Å². The van der Waals surface area contributed by atoms with Crippen LogP contribution in [0.5, 0.6) is 0 Å². The van der Waals surface area contributed by atoms with Crippen molar-refractivity contribution in [3.63, 3.8) is 0 Å². The predicted molar refractivity (Wildman–Crippen MR) is 115 cm³/mol. The van der Waals surface area contributed by atoms with E-state index in [2.05, 4.69) is 31.4 Å². The molecule has 4 rings (SSSR count). The number of piperidine rings is 1. The Kier molecular flexibility index (Phi) is 6.32. The summed E-state index contributed by atoms with van der Waals surface area (Å²) in [4.78, 5) is 13.0. The topological polar surface area (TPSA) is 118 Å². The number of ether oxygens (including phenoxy) is 1. The van der Waals surface area contributed by atoms with Crippen molar-refractivity contribution in [2.75, 3.05) is 18.0 Å². The number of nitriles is 1. The average Bonchev–Trinajstić information content (AvgIpc) is 3.29. The minimum atomic E-state index is -0.447. The van der Waals surface area contributed by atoms with Crippen LogP contribution in [0.4, 0.5) is 5.82 Å². The molecule has 1 aliphatic heterocycles. The van der Waals surface area contributed by atoms with Gasteiger partial charge in [-0.15, -0.1) is 20.4 Å². The number of carbonyl (C=O) groups excluding carboxylic acids is 1. The van der Waals surface area contributed by atoms with Crippen LogP contribution < -0.4 is 4.90 Å². The van der Waals surface area contributed by atoms with Crippen LogP contribution in [0.1, 0.15) is 31.2 Å². The highest BCUT2D eigenvalue weighted by molar-refractivity contribution is 6.31. The number of rotatable bonds is 6. The molecule has 2 aromatic heterocycles. The number of nitrogens with zero attached hydrogens (tertiary/aromatic N) is 6. The van der Waals surface area contributed by atoms with Crippen LogP contribution in [0, 0.1) is 16.7 Å². The Bertz CT molecular complexity index is 1130. The molecule has 0 radical (unpaired) electrons. The molecule has 0 spiro atoms. The quantitative estimate of drug-likeness (QED) is 0.516. The Morgan fingerprint density at radius 3 is 2.62 bits per heavy atom. The molecule has 0 N–H and O–H groups in total. The second-order valence-corrected chi connectivity index (χ2v) is 8.11. The highest BCUT2D eigenvalue weighted by atomic mass is 35.5. The molecule has 0 bridgehead atoms. The zero-order valence-electron chi connectivity index (χ0n) is 17.5. The lowest BCUT2D eigenvalue weighted by molar-refractivity contribution is -0.142. The van der Waals surface area contributed by atoms with Crippen molar-refractivity contribution < 1.29 is 13.9 Å². The molecule has 3 aromatic rings. The van der Waals surface area contributed by atoms with Crippen LogP contribution in [0.3, 0.4) is 0 Å². The van der Waals surface area contributed by atoms with Crippen molar-refractivity contribution in [2.45, 2.75) is 32.8 Å². The Morgan fingerprint density at radius 1 is 1.19 bits per heavy atom. The summed E-state index contributed by atoms with van der Waals surface area (Å²) in [5, 5.41) is 26.8. The van der Waals surface area contributed by atoms with Crippen molar-refractivity contribution in [3.8, 4) is 17.7 Å². The van der Waals surface area contributed by atoms with E-state index in [0.29, 0.717) is 43.1 Å². The summed E-state index contributed by atoms with van der Waals surface area (Å²) in [6, 6.07) is 13.8. The van der Waals surface area contributed by atoms with Crippen LogP contribution in [-0.4, -0.2) is 39.5 Å². The molecule has 32 heavy (non-hydrogen) atoms. The van der Waals surface area contributed by atoms with E-state index < -0.39 is 11.4 Å². The molecule has 3 heterocycles. The Hall–Kier alpha value is -3.51. The van der Waals surface area contributed by atoms with Crippen molar-refractivity contribution in [1.82, 2.24) is 20.4 Å². The lowest BCUT2D eigenvalue weighted by Gasteiger charge is -2.38. The summed E-state index contributed by atoms with van der Waals surface area (Å²) in [5.41, 5.74) is 0.982. The number of benzene rings is 1. The maximum atomic E-state index is 10.9. The van der Waals surface area contributed by atoms with E-state index in [1.54, 1.807) is 6.07 Å². The zero-order valence-corrected chi connectivity index (χ0v) is 18.2. The Labute approximate surface area is 190 Å². The molecule has 0 atom stereocenters. The monoisotopic (exact) mass is 452 g/mol. The van der Waals surface area contributed by atoms with Crippen molar-refractivity contribution >= 4 is 23.4 Å². The zero-order chi connectivity index (χ0) is 22.6. The van der Waals surface area contributed by atoms with Gasteiger partial charge >= 0.3 is 5.97 Å². The van der Waals surface area contributed by atoms with Crippen molar-refractivity contribution in [3.05, 3.63) is 52.9 Å². The first-order valence-corrected chi connectivity index (χ1v) is 10.6. The van der Waals surface area contributed by atoms with E-state index in [9.17, 15) is 10.1 Å². The van der Waals surface area contributed by atoms with Gasteiger partial charge in [-0.3, -0.25) is 4.79 Å². The van der Waals surface area contributed by atoms with Crippen molar-refractivity contribution in [1.29, 1.82) is 5.26 Å². The number of anilines is 1. The van der Waals surface area contributed by atoms with E-state index in [0.717, 1.165) is 11.4 Å². The first kappa shape index (κ1) is 21.7. The second-order valence-electron chi connectivity index (χ2n) is 7.71. The molecule has 0 saturated carbocycles.